The van der Waals surface area contributed by atoms with Crippen LogP contribution in [-0.2, 0) is 11.3 Å². The zero-order valence-corrected chi connectivity index (χ0v) is 14.6. The van der Waals surface area contributed by atoms with Gasteiger partial charge in [-0.05, 0) is 48.4 Å². The highest BCUT2D eigenvalue weighted by Gasteiger charge is 2.16. The summed E-state index contributed by atoms with van der Waals surface area (Å²) in [5, 5.41) is 8.14. The van der Waals surface area contributed by atoms with Crippen LogP contribution in [0.4, 0.5) is 10.1 Å². The first-order chi connectivity index (χ1) is 13.1. The number of nitrogens with zero attached hydrogens (tertiary/aromatic N) is 4. The lowest BCUT2D eigenvalue weighted by atomic mass is 10.0. The number of aromatic nitrogens is 4. The minimum atomic E-state index is -0.288. The van der Waals surface area contributed by atoms with Crippen molar-refractivity contribution >= 4 is 22.6 Å². The van der Waals surface area contributed by atoms with Crippen molar-refractivity contribution in [1.82, 2.24) is 19.7 Å². The minimum Gasteiger partial charge on any atom is -0.324 e. The minimum absolute atomic E-state index is 0.0343. The van der Waals surface area contributed by atoms with E-state index in [0.717, 1.165) is 22.2 Å². The normalized spacial score (nSPS) is 10.9. The van der Waals surface area contributed by atoms with Gasteiger partial charge in [0.15, 0.2) is 5.65 Å². The maximum Gasteiger partial charge on any atom is 0.246 e. The predicted octanol–water partition coefficient (Wildman–Crippen LogP) is 3.58. The molecule has 0 bridgehead atoms. The number of hydrogen-bond donors (Lipinski definition) is 1. The average Bonchev–Trinajstić information content (AvgIpc) is 2.99. The van der Waals surface area contributed by atoms with Gasteiger partial charge in [0.2, 0.25) is 5.91 Å². The van der Waals surface area contributed by atoms with Gasteiger partial charge in [-0.15, -0.1) is 0 Å². The second-order valence-electron chi connectivity index (χ2n) is 6.09. The third-order valence-electron chi connectivity index (χ3n) is 4.22. The van der Waals surface area contributed by atoms with Gasteiger partial charge in [-0.1, -0.05) is 12.1 Å². The number of rotatable bonds is 4. The molecule has 0 aliphatic carbocycles. The molecule has 0 aliphatic rings. The number of carbonyl (C=O) groups is 1. The van der Waals surface area contributed by atoms with Crippen molar-refractivity contribution in [1.29, 1.82) is 0 Å². The van der Waals surface area contributed by atoms with Gasteiger partial charge >= 0.3 is 0 Å². The molecule has 0 spiro atoms. The summed E-state index contributed by atoms with van der Waals surface area (Å²) in [4.78, 5) is 20.7. The molecule has 1 aromatic carbocycles. The van der Waals surface area contributed by atoms with Gasteiger partial charge in [0.25, 0.3) is 0 Å². The topological polar surface area (TPSA) is 72.7 Å². The SMILES string of the molecule is Cc1nn(CC(=O)Nc2ccncc2)c2nccc(-c3ccc(F)cc3)c12. The molecule has 0 saturated heterocycles. The summed E-state index contributed by atoms with van der Waals surface area (Å²) in [5.41, 5.74) is 3.81. The third kappa shape index (κ3) is 3.39. The van der Waals surface area contributed by atoms with Crippen molar-refractivity contribution in [2.75, 3.05) is 5.32 Å². The van der Waals surface area contributed by atoms with Crippen LogP contribution in [0.5, 0.6) is 0 Å². The van der Waals surface area contributed by atoms with Crippen molar-refractivity contribution in [2.45, 2.75) is 13.5 Å². The van der Waals surface area contributed by atoms with E-state index in [2.05, 4.69) is 20.4 Å². The summed E-state index contributed by atoms with van der Waals surface area (Å²) in [7, 11) is 0. The van der Waals surface area contributed by atoms with Gasteiger partial charge < -0.3 is 5.32 Å². The molecule has 1 amide bonds. The fourth-order valence-electron chi connectivity index (χ4n) is 3.03. The fraction of sp³-hybridized carbons (Fsp3) is 0.100. The molecule has 0 saturated carbocycles. The molecule has 0 aliphatic heterocycles. The number of pyridine rings is 2. The number of carbonyl (C=O) groups excluding carboxylic acids is 1. The van der Waals surface area contributed by atoms with Gasteiger partial charge in [0, 0.05) is 29.7 Å². The van der Waals surface area contributed by atoms with Crippen LogP contribution in [0.25, 0.3) is 22.2 Å². The highest BCUT2D eigenvalue weighted by molar-refractivity contribution is 5.96. The van der Waals surface area contributed by atoms with Crippen LogP contribution in [0, 0.1) is 12.7 Å². The Morgan fingerprint density at radius 3 is 2.56 bits per heavy atom. The number of fused-ring (bicyclic) bond motifs is 1. The van der Waals surface area contributed by atoms with Crippen LogP contribution in [0.2, 0.25) is 0 Å². The fourth-order valence-corrected chi connectivity index (χ4v) is 3.03. The summed E-state index contributed by atoms with van der Waals surface area (Å²) in [6.07, 6.45) is 4.89. The summed E-state index contributed by atoms with van der Waals surface area (Å²) >= 11 is 0. The van der Waals surface area contributed by atoms with E-state index in [0.29, 0.717) is 11.3 Å². The van der Waals surface area contributed by atoms with Gasteiger partial charge in [0.05, 0.1) is 5.69 Å². The monoisotopic (exact) mass is 361 g/mol. The first-order valence-corrected chi connectivity index (χ1v) is 8.40. The van der Waals surface area contributed by atoms with Crippen LogP contribution in [-0.4, -0.2) is 25.7 Å². The van der Waals surface area contributed by atoms with Crippen LogP contribution < -0.4 is 5.32 Å². The van der Waals surface area contributed by atoms with Crippen LogP contribution >= 0.6 is 0 Å². The van der Waals surface area contributed by atoms with Crippen LogP contribution in [0.15, 0.2) is 61.1 Å². The molecular formula is C20H16FN5O. The number of halogens is 1. The van der Waals surface area contributed by atoms with E-state index in [1.807, 2.05) is 13.0 Å². The molecular weight excluding hydrogens is 345 g/mol. The van der Waals surface area contributed by atoms with Gasteiger partial charge in [0.1, 0.15) is 12.4 Å². The van der Waals surface area contributed by atoms with Crippen molar-refractivity contribution in [3.05, 3.63) is 72.6 Å². The first kappa shape index (κ1) is 16.8. The van der Waals surface area contributed by atoms with Crippen molar-refractivity contribution in [3.63, 3.8) is 0 Å². The average molecular weight is 361 g/mol. The van der Waals surface area contributed by atoms with Crippen LogP contribution in [0.1, 0.15) is 5.69 Å². The number of anilines is 1. The Balaban J connectivity index is 1.68. The second-order valence-corrected chi connectivity index (χ2v) is 6.09. The van der Waals surface area contributed by atoms with E-state index >= 15 is 0 Å². The number of benzene rings is 1. The number of hydrogen-bond acceptors (Lipinski definition) is 4. The van der Waals surface area contributed by atoms with E-state index in [1.165, 1.54) is 12.1 Å². The molecule has 3 aromatic heterocycles. The molecule has 6 nitrogen and oxygen atoms in total. The molecule has 4 rings (SSSR count). The molecule has 27 heavy (non-hydrogen) atoms. The molecule has 0 unspecified atom stereocenters. The summed E-state index contributed by atoms with van der Waals surface area (Å²) in [6, 6.07) is 11.6. The van der Waals surface area contributed by atoms with Gasteiger partial charge in [-0.2, -0.15) is 5.10 Å². The van der Waals surface area contributed by atoms with E-state index < -0.39 is 0 Å². The Morgan fingerprint density at radius 2 is 1.81 bits per heavy atom. The highest BCUT2D eigenvalue weighted by Crippen LogP contribution is 2.29. The van der Waals surface area contributed by atoms with Gasteiger partial charge in [-0.3, -0.25) is 9.78 Å². The Bertz CT molecular complexity index is 1110. The lowest BCUT2D eigenvalue weighted by molar-refractivity contribution is -0.116. The summed E-state index contributed by atoms with van der Waals surface area (Å²) < 4.78 is 14.8. The quantitative estimate of drug-likeness (QED) is 0.603. The largest absolute Gasteiger partial charge is 0.324 e. The molecule has 3 heterocycles. The van der Waals surface area contributed by atoms with Crippen LogP contribution in [0.3, 0.4) is 0 Å². The molecule has 4 aromatic rings. The molecule has 0 fully saturated rings. The lowest BCUT2D eigenvalue weighted by Crippen LogP contribution is -2.19. The Morgan fingerprint density at radius 1 is 1.07 bits per heavy atom. The third-order valence-corrected chi connectivity index (χ3v) is 4.22. The van der Waals surface area contributed by atoms with E-state index in [1.54, 1.807) is 47.5 Å². The Kier molecular flexibility index (Phi) is 4.33. The summed E-state index contributed by atoms with van der Waals surface area (Å²) in [6.45, 7) is 1.90. The van der Waals surface area contributed by atoms with Crippen molar-refractivity contribution in [2.24, 2.45) is 0 Å². The van der Waals surface area contributed by atoms with Gasteiger partial charge in [-0.25, -0.2) is 14.1 Å². The lowest BCUT2D eigenvalue weighted by Gasteiger charge is -2.06. The van der Waals surface area contributed by atoms with Crippen molar-refractivity contribution in [3.8, 4) is 11.1 Å². The first-order valence-electron chi connectivity index (χ1n) is 8.40. The zero-order valence-electron chi connectivity index (χ0n) is 14.6. The van der Waals surface area contributed by atoms with E-state index in [4.69, 9.17) is 0 Å². The zero-order chi connectivity index (χ0) is 18.8. The Hall–Kier alpha value is -3.61. The van der Waals surface area contributed by atoms with Crippen molar-refractivity contribution < 1.29 is 9.18 Å². The maximum atomic E-state index is 13.2. The molecule has 134 valence electrons. The predicted molar refractivity (Wildman–Crippen MR) is 101 cm³/mol. The maximum absolute atomic E-state index is 13.2. The smallest absolute Gasteiger partial charge is 0.246 e. The number of aryl methyl sites for hydroxylation is 1. The van der Waals surface area contributed by atoms with E-state index in [-0.39, 0.29) is 18.3 Å². The standard InChI is InChI=1S/C20H16FN5O/c1-13-19-17(14-2-4-15(21)5-3-14)8-11-23-20(19)26(25-13)12-18(27)24-16-6-9-22-10-7-16/h2-11H,12H2,1H3,(H,22,24,27). The van der Waals surface area contributed by atoms with E-state index in [9.17, 15) is 9.18 Å². The molecule has 7 heteroatoms. The second kappa shape index (κ2) is 6.95. The number of amides is 1. The molecule has 0 atom stereocenters. The molecule has 0 radical (unpaired) electrons. The summed E-state index contributed by atoms with van der Waals surface area (Å²) in [5.74, 6) is -0.496. The highest BCUT2D eigenvalue weighted by atomic mass is 19.1. The number of nitrogens with one attached hydrogen (secondary N) is 1. The Labute approximate surface area is 154 Å². The molecule has 1 N–H and O–H groups in total.